The molecule has 2 amide bonds. The van der Waals surface area contributed by atoms with Crippen LogP contribution in [0.1, 0.15) is 65.0 Å². The highest BCUT2D eigenvalue weighted by atomic mass is 35.5. The number of aliphatic hydroxyl groups is 1. The molecule has 2 saturated heterocycles. The fourth-order valence-electron chi connectivity index (χ4n) is 6.64. The number of epoxide rings is 1. The van der Waals surface area contributed by atoms with E-state index in [-0.39, 0.29) is 55.4 Å². The number of aryl methyl sites for hydroxylation is 1. The van der Waals surface area contributed by atoms with E-state index in [1.54, 1.807) is 20.9 Å². The molecule has 1 unspecified atom stereocenters. The molecule has 1 aromatic rings. The average Bonchev–Trinajstić information content (AvgIpc) is 3.74. The zero-order chi connectivity index (χ0) is 36.4. The number of allylic oxidation sites excluding steroid dienone is 3. The summed E-state index contributed by atoms with van der Waals surface area (Å²) in [6, 6.07) is 2.96. The van der Waals surface area contributed by atoms with Crippen molar-refractivity contribution >= 4 is 35.1 Å². The average molecular weight is 702 g/mol. The molecular formula is C37H52ClN3O8. The number of carbonyl (C=O) groups excluding carboxylic acids is 3. The number of esters is 1. The predicted molar refractivity (Wildman–Crippen MR) is 188 cm³/mol. The molecule has 11 nitrogen and oxygen atoms in total. The van der Waals surface area contributed by atoms with Gasteiger partial charge in [-0.25, -0.2) is 4.79 Å². The maximum atomic E-state index is 14.0. The van der Waals surface area contributed by atoms with Crippen molar-refractivity contribution in [3.8, 4) is 0 Å². The number of anilines is 1. The first-order valence-corrected chi connectivity index (χ1v) is 17.2. The molecule has 12 heteroatoms. The van der Waals surface area contributed by atoms with Gasteiger partial charge in [0, 0.05) is 39.5 Å². The van der Waals surface area contributed by atoms with Crippen molar-refractivity contribution in [2.24, 2.45) is 11.8 Å². The number of rotatable bonds is 6. The van der Waals surface area contributed by atoms with E-state index in [4.69, 9.17) is 30.5 Å². The topological polar surface area (TPSA) is 130 Å². The van der Waals surface area contributed by atoms with Crippen molar-refractivity contribution in [1.29, 1.82) is 0 Å². The van der Waals surface area contributed by atoms with Gasteiger partial charge in [-0.3, -0.25) is 9.59 Å². The van der Waals surface area contributed by atoms with Crippen LogP contribution in [0, 0.1) is 18.8 Å². The minimum atomic E-state index is -1.34. The van der Waals surface area contributed by atoms with E-state index in [0.29, 0.717) is 17.1 Å². The molecule has 8 atom stereocenters. The summed E-state index contributed by atoms with van der Waals surface area (Å²) in [5, 5.41) is 15.3. The third-order valence-corrected chi connectivity index (χ3v) is 10.7. The summed E-state index contributed by atoms with van der Waals surface area (Å²) in [5.41, 5.74) is 0.985. The number of nitrogens with one attached hydrogen (secondary N) is 1. The lowest BCUT2D eigenvalue weighted by molar-refractivity contribution is -0.162. The first-order chi connectivity index (χ1) is 22.9. The predicted octanol–water partition coefficient (Wildman–Crippen LogP) is 4.82. The van der Waals surface area contributed by atoms with Crippen LogP contribution in [0.5, 0.6) is 0 Å². The van der Waals surface area contributed by atoms with Crippen LogP contribution in [0.2, 0.25) is 5.02 Å². The van der Waals surface area contributed by atoms with E-state index in [1.165, 1.54) is 24.0 Å². The minimum absolute atomic E-state index is 0.106. The van der Waals surface area contributed by atoms with Gasteiger partial charge in [0.25, 0.3) is 0 Å². The lowest BCUT2D eigenvalue weighted by Gasteiger charge is -2.44. The number of nitrogens with zero attached hydrogens (tertiary/aromatic N) is 2. The molecule has 0 aliphatic carbocycles. The zero-order valence-electron chi connectivity index (χ0n) is 30.2. The maximum absolute atomic E-state index is 14.0. The Labute approximate surface area is 295 Å². The molecule has 0 aromatic heterocycles. The van der Waals surface area contributed by atoms with Gasteiger partial charge in [-0.15, -0.1) is 0 Å². The Balaban J connectivity index is 1.73. The Bertz CT molecular complexity index is 1510. The van der Waals surface area contributed by atoms with Crippen molar-refractivity contribution in [1.82, 2.24) is 10.2 Å². The van der Waals surface area contributed by atoms with Crippen LogP contribution >= 0.6 is 11.6 Å². The SMILES string of the molecule is C=C1N[C@]2(O)C[C@H](O1)[C@@H](C)[C@@H]1O[C@@]1(C)[C@@H](OC(=O)C(C)N(C)C(=O)CCOC)CC(=O)N(C)c1cc(cc(C)c1Cl)C/C(C)=C/C=C/[C@H]2C. The number of likely N-dealkylation sites (N-methyl/N-ethyl adjacent to an activating group) is 1. The third kappa shape index (κ3) is 8.51. The summed E-state index contributed by atoms with van der Waals surface area (Å²) in [6.45, 7) is 15.4. The fourth-order valence-corrected chi connectivity index (χ4v) is 6.87. The highest BCUT2D eigenvalue weighted by Crippen LogP contribution is 2.49. The normalized spacial score (nSPS) is 32.8. The van der Waals surface area contributed by atoms with E-state index >= 15 is 0 Å². The van der Waals surface area contributed by atoms with Gasteiger partial charge in [0.15, 0.2) is 5.88 Å². The zero-order valence-corrected chi connectivity index (χ0v) is 30.9. The van der Waals surface area contributed by atoms with Gasteiger partial charge < -0.3 is 39.2 Å². The molecule has 1 aromatic carbocycles. The fraction of sp³-hybridized carbons (Fsp3) is 0.595. The summed E-state index contributed by atoms with van der Waals surface area (Å²) < 4.78 is 23.5. The van der Waals surface area contributed by atoms with Crippen molar-refractivity contribution in [2.75, 3.05) is 32.7 Å². The van der Waals surface area contributed by atoms with Crippen LogP contribution in [0.25, 0.3) is 0 Å². The van der Waals surface area contributed by atoms with Crippen LogP contribution in [-0.4, -0.2) is 91.3 Å². The number of amides is 2. The van der Waals surface area contributed by atoms with Crippen molar-refractivity contribution in [3.63, 3.8) is 0 Å². The van der Waals surface area contributed by atoms with E-state index in [0.717, 1.165) is 16.7 Å². The molecule has 3 aliphatic rings. The third-order valence-electron chi connectivity index (χ3n) is 10.3. The number of carbonyl (C=O) groups is 3. The van der Waals surface area contributed by atoms with Crippen molar-refractivity contribution in [3.05, 3.63) is 64.5 Å². The first kappa shape index (κ1) is 38.4. The van der Waals surface area contributed by atoms with Gasteiger partial charge in [-0.1, -0.05) is 55.3 Å². The second kappa shape index (κ2) is 15.2. The number of halogens is 1. The Morgan fingerprint density at radius 3 is 2.65 bits per heavy atom. The standard InChI is InChI=1S/C37H52ClN3O8/c1-21-12-11-13-23(3)37(45)20-29(47-26(6)39-37)24(4)34-36(7,49-34)30(48-35(44)25(5)40(8)31(42)14-15-46-10)19-32(43)41(9)28-18-27(16-21)17-22(2)33(28)38/h11-13,17-18,23-25,29-30,34,39,45H,6,14-16,19-20H2,1-5,7-10H3/b13-11+,21-12+/t23-,24-,25?,29+,30+,34+,36+,37+/m1/s1. The lowest BCUT2D eigenvalue weighted by Crippen LogP contribution is -2.57. The van der Waals surface area contributed by atoms with Gasteiger partial charge in [0.2, 0.25) is 11.8 Å². The monoisotopic (exact) mass is 701 g/mol. The van der Waals surface area contributed by atoms with Gasteiger partial charge in [-0.2, -0.15) is 0 Å². The molecular weight excluding hydrogens is 650 g/mol. The molecule has 2 fully saturated rings. The largest absolute Gasteiger partial charge is 0.476 e. The number of ether oxygens (including phenoxy) is 4. The summed E-state index contributed by atoms with van der Waals surface area (Å²) in [7, 11) is 4.68. The van der Waals surface area contributed by atoms with Crippen LogP contribution < -0.4 is 10.2 Å². The highest BCUT2D eigenvalue weighted by Gasteiger charge is 2.64. The Morgan fingerprint density at radius 1 is 1.29 bits per heavy atom. The Morgan fingerprint density at radius 2 is 1.98 bits per heavy atom. The Kier molecular flexibility index (Phi) is 12.0. The molecule has 49 heavy (non-hydrogen) atoms. The van der Waals surface area contributed by atoms with Gasteiger partial charge >= 0.3 is 5.97 Å². The van der Waals surface area contributed by atoms with E-state index in [1.807, 2.05) is 58.1 Å². The Hall–Kier alpha value is -3.38. The molecule has 0 saturated carbocycles. The number of benzene rings is 1. The number of methoxy groups -OCH3 is 1. The van der Waals surface area contributed by atoms with E-state index < -0.39 is 41.6 Å². The lowest BCUT2D eigenvalue weighted by atomic mass is 9.82. The van der Waals surface area contributed by atoms with Crippen LogP contribution in [0.4, 0.5) is 5.69 Å². The van der Waals surface area contributed by atoms with E-state index in [9.17, 15) is 19.5 Å². The molecule has 0 radical (unpaired) electrons. The van der Waals surface area contributed by atoms with Crippen molar-refractivity contribution < 1.29 is 38.4 Å². The molecule has 0 spiro atoms. The van der Waals surface area contributed by atoms with Crippen molar-refractivity contribution in [2.45, 2.75) is 103 Å². The summed E-state index contributed by atoms with van der Waals surface area (Å²) in [6.07, 6.45) is 4.62. The summed E-state index contributed by atoms with van der Waals surface area (Å²) in [4.78, 5) is 43.1. The van der Waals surface area contributed by atoms with Crippen LogP contribution in [-0.2, 0) is 39.8 Å². The second-order valence-electron chi connectivity index (χ2n) is 14.0. The van der Waals surface area contributed by atoms with Gasteiger partial charge in [0.05, 0.1) is 36.3 Å². The van der Waals surface area contributed by atoms with Gasteiger partial charge in [0.1, 0.15) is 29.6 Å². The first-order valence-electron chi connectivity index (χ1n) is 16.8. The summed E-state index contributed by atoms with van der Waals surface area (Å²) in [5.74, 6) is -1.65. The smallest absolute Gasteiger partial charge is 0.328 e. The number of hydrogen-bond donors (Lipinski definition) is 2. The maximum Gasteiger partial charge on any atom is 0.328 e. The molecule has 4 bridgehead atoms. The molecule has 2 N–H and O–H groups in total. The highest BCUT2D eigenvalue weighted by molar-refractivity contribution is 6.34. The number of fused-ring (bicyclic) bond motifs is 5. The molecule has 270 valence electrons. The molecule has 4 rings (SSSR count). The second-order valence-corrected chi connectivity index (χ2v) is 14.4. The quantitative estimate of drug-likeness (QED) is 0.317. The van der Waals surface area contributed by atoms with Gasteiger partial charge in [-0.05, 0) is 57.9 Å². The summed E-state index contributed by atoms with van der Waals surface area (Å²) >= 11 is 6.76. The minimum Gasteiger partial charge on any atom is -0.476 e. The number of hydrogen-bond acceptors (Lipinski definition) is 9. The van der Waals surface area contributed by atoms with E-state index in [2.05, 4.69) is 11.9 Å². The molecule has 3 aliphatic heterocycles. The van der Waals surface area contributed by atoms with Crippen LogP contribution in [0.15, 0.2) is 48.4 Å². The van der Waals surface area contributed by atoms with Crippen LogP contribution in [0.3, 0.4) is 0 Å². The molecule has 3 heterocycles.